The summed E-state index contributed by atoms with van der Waals surface area (Å²) in [6, 6.07) is 7.83. The second-order valence-electron chi connectivity index (χ2n) is 4.15. The zero-order valence-corrected chi connectivity index (χ0v) is 10.2. The number of amides is 1. The van der Waals surface area contributed by atoms with Crippen LogP contribution in [0.25, 0.3) is 0 Å². The lowest BCUT2D eigenvalue weighted by molar-refractivity contribution is 0.102. The first-order chi connectivity index (χ1) is 8.97. The number of hydrogen-bond donors (Lipinski definition) is 2. The topological polar surface area (TPSA) is 55.1 Å². The van der Waals surface area contributed by atoms with E-state index in [1.165, 1.54) is 12.1 Å². The molecule has 0 radical (unpaired) electrons. The highest BCUT2D eigenvalue weighted by atomic mass is 19.1. The van der Waals surface area contributed by atoms with Gasteiger partial charge in [0.15, 0.2) is 0 Å². The van der Waals surface area contributed by atoms with Gasteiger partial charge in [-0.2, -0.15) is 0 Å². The highest BCUT2D eigenvalue weighted by Gasteiger charge is 2.11. The molecule has 2 aromatic rings. The van der Waals surface area contributed by atoms with Gasteiger partial charge in [-0.25, -0.2) is 8.78 Å². The van der Waals surface area contributed by atoms with E-state index in [-0.39, 0.29) is 11.3 Å². The molecule has 0 fully saturated rings. The number of carbonyl (C=O) groups is 1. The number of halogens is 2. The van der Waals surface area contributed by atoms with E-state index in [0.29, 0.717) is 11.3 Å². The Balaban J connectivity index is 2.23. The van der Waals surface area contributed by atoms with Crippen LogP contribution in [0.1, 0.15) is 15.9 Å². The molecule has 0 saturated heterocycles. The first-order valence-corrected chi connectivity index (χ1v) is 5.60. The molecular weight excluding hydrogens is 250 g/mol. The molecule has 0 unspecified atom stereocenters. The van der Waals surface area contributed by atoms with E-state index >= 15 is 0 Å². The number of rotatable bonds is 2. The van der Waals surface area contributed by atoms with Crippen molar-refractivity contribution in [1.29, 1.82) is 0 Å². The standard InChI is InChI=1S/C14H12F2N2O/c1-8-2-4-10(7-12(8)16)18-14(19)11-5-3-9(15)6-13(11)17/h2-7H,17H2,1H3,(H,18,19). The molecule has 0 saturated carbocycles. The van der Waals surface area contributed by atoms with Crippen LogP contribution in [0, 0.1) is 18.6 Å². The number of anilines is 2. The van der Waals surface area contributed by atoms with Gasteiger partial charge < -0.3 is 11.1 Å². The van der Waals surface area contributed by atoms with Crippen LogP contribution in [0.15, 0.2) is 36.4 Å². The summed E-state index contributed by atoms with van der Waals surface area (Å²) in [6.45, 7) is 1.62. The van der Waals surface area contributed by atoms with E-state index in [0.717, 1.165) is 12.1 Å². The normalized spacial score (nSPS) is 10.3. The van der Waals surface area contributed by atoms with Crippen LogP contribution in [-0.4, -0.2) is 5.91 Å². The van der Waals surface area contributed by atoms with E-state index in [4.69, 9.17) is 5.73 Å². The molecule has 0 bridgehead atoms. The Labute approximate surface area is 109 Å². The molecule has 0 spiro atoms. The number of aryl methyl sites for hydroxylation is 1. The van der Waals surface area contributed by atoms with Crippen LogP contribution < -0.4 is 11.1 Å². The summed E-state index contributed by atoms with van der Waals surface area (Å²) in [5.41, 5.74) is 6.53. The van der Waals surface area contributed by atoms with Crippen molar-refractivity contribution in [1.82, 2.24) is 0 Å². The van der Waals surface area contributed by atoms with Crippen molar-refractivity contribution < 1.29 is 13.6 Å². The third kappa shape index (κ3) is 2.88. The largest absolute Gasteiger partial charge is 0.398 e. The van der Waals surface area contributed by atoms with Gasteiger partial charge in [-0.3, -0.25) is 4.79 Å². The summed E-state index contributed by atoms with van der Waals surface area (Å²) < 4.78 is 26.2. The minimum absolute atomic E-state index is 0.0325. The van der Waals surface area contributed by atoms with Crippen molar-refractivity contribution in [3.05, 3.63) is 59.2 Å². The lowest BCUT2D eigenvalue weighted by Crippen LogP contribution is -2.14. The van der Waals surface area contributed by atoms with E-state index in [9.17, 15) is 13.6 Å². The average Bonchev–Trinajstić information content (AvgIpc) is 2.33. The van der Waals surface area contributed by atoms with Gasteiger partial charge in [0.1, 0.15) is 11.6 Å². The zero-order chi connectivity index (χ0) is 14.0. The molecule has 5 heteroatoms. The maximum absolute atomic E-state index is 13.3. The van der Waals surface area contributed by atoms with Gasteiger partial charge in [0.05, 0.1) is 5.56 Å². The molecule has 3 N–H and O–H groups in total. The fourth-order valence-electron chi connectivity index (χ4n) is 1.61. The van der Waals surface area contributed by atoms with Crippen molar-refractivity contribution in [2.75, 3.05) is 11.1 Å². The maximum Gasteiger partial charge on any atom is 0.257 e. The molecule has 19 heavy (non-hydrogen) atoms. The third-order valence-electron chi connectivity index (χ3n) is 2.69. The van der Waals surface area contributed by atoms with E-state index in [2.05, 4.69) is 5.32 Å². The fraction of sp³-hybridized carbons (Fsp3) is 0.0714. The monoisotopic (exact) mass is 262 g/mol. The molecule has 98 valence electrons. The molecule has 0 heterocycles. The molecule has 0 aliphatic carbocycles. The van der Waals surface area contributed by atoms with Crippen LogP contribution in [0.2, 0.25) is 0 Å². The number of nitrogens with two attached hydrogens (primary N) is 1. The van der Waals surface area contributed by atoms with Crippen LogP contribution in [0.4, 0.5) is 20.2 Å². The minimum atomic E-state index is -0.518. The van der Waals surface area contributed by atoms with E-state index in [1.807, 2.05) is 0 Å². The van der Waals surface area contributed by atoms with Crippen molar-refractivity contribution in [3.8, 4) is 0 Å². The Hall–Kier alpha value is -2.43. The Morgan fingerprint density at radius 2 is 1.89 bits per heavy atom. The number of carbonyl (C=O) groups excluding carboxylic acids is 1. The Morgan fingerprint density at radius 3 is 2.53 bits per heavy atom. The molecule has 0 aliphatic rings. The Morgan fingerprint density at radius 1 is 1.16 bits per heavy atom. The quantitative estimate of drug-likeness (QED) is 0.817. The second-order valence-corrected chi connectivity index (χ2v) is 4.15. The van der Waals surface area contributed by atoms with Crippen LogP contribution in [0.3, 0.4) is 0 Å². The first kappa shape index (κ1) is 13.0. The molecule has 0 atom stereocenters. The van der Waals surface area contributed by atoms with Crippen molar-refractivity contribution in [3.63, 3.8) is 0 Å². The minimum Gasteiger partial charge on any atom is -0.398 e. The van der Waals surface area contributed by atoms with Gasteiger partial charge in [-0.05, 0) is 42.8 Å². The molecular formula is C14H12F2N2O. The third-order valence-corrected chi connectivity index (χ3v) is 2.69. The fourth-order valence-corrected chi connectivity index (χ4v) is 1.61. The smallest absolute Gasteiger partial charge is 0.257 e. The van der Waals surface area contributed by atoms with Crippen LogP contribution in [0.5, 0.6) is 0 Å². The summed E-state index contributed by atoms with van der Waals surface area (Å²) in [6.07, 6.45) is 0. The average molecular weight is 262 g/mol. The van der Waals surface area contributed by atoms with Gasteiger partial charge in [0.25, 0.3) is 5.91 Å². The number of nitrogen functional groups attached to an aromatic ring is 1. The van der Waals surface area contributed by atoms with E-state index < -0.39 is 17.5 Å². The molecule has 3 nitrogen and oxygen atoms in total. The molecule has 2 aromatic carbocycles. The number of nitrogens with one attached hydrogen (secondary N) is 1. The van der Waals surface area contributed by atoms with Gasteiger partial charge >= 0.3 is 0 Å². The van der Waals surface area contributed by atoms with Crippen LogP contribution in [-0.2, 0) is 0 Å². The van der Waals surface area contributed by atoms with Gasteiger partial charge in [0.2, 0.25) is 0 Å². The van der Waals surface area contributed by atoms with Crippen LogP contribution >= 0.6 is 0 Å². The van der Waals surface area contributed by atoms with Gasteiger partial charge in [0, 0.05) is 11.4 Å². The van der Waals surface area contributed by atoms with Gasteiger partial charge in [-0.15, -0.1) is 0 Å². The SMILES string of the molecule is Cc1ccc(NC(=O)c2ccc(F)cc2N)cc1F. The Kier molecular flexibility index (Phi) is 3.46. The summed E-state index contributed by atoms with van der Waals surface area (Å²) >= 11 is 0. The highest BCUT2D eigenvalue weighted by molar-refractivity contribution is 6.07. The highest BCUT2D eigenvalue weighted by Crippen LogP contribution is 2.18. The first-order valence-electron chi connectivity index (χ1n) is 5.60. The Bertz CT molecular complexity index is 641. The predicted molar refractivity (Wildman–Crippen MR) is 69.9 cm³/mol. The number of hydrogen-bond acceptors (Lipinski definition) is 2. The predicted octanol–water partition coefficient (Wildman–Crippen LogP) is 3.11. The summed E-state index contributed by atoms with van der Waals surface area (Å²) in [5.74, 6) is -1.44. The van der Waals surface area contributed by atoms with Gasteiger partial charge in [-0.1, -0.05) is 6.07 Å². The molecule has 0 aliphatic heterocycles. The number of benzene rings is 2. The molecule has 2 rings (SSSR count). The lowest BCUT2D eigenvalue weighted by atomic mass is 10.1. The second kappa shape index (κ2) is 5.06. The maximum atomic E-state index is 13.3. The zero-order valence-electron chi connectivity index (χ0n) is 10.2. The summed E-state index contributed by atoms with van der Waals surface area (Å²) in [7, 11) is 0. The molecule has 1 amide bonds. The van der Waals surface area contributed by atoms with Crippen molar-refractivity contribution in [2.45, 2.75) is 6.92 Å². The summed E-state index contributed by atoms with van der Waals surface area (Å²) in [5, 5.41) is 2.51. The summed E-state index contributed by atoms with van der Waals surface area (Å²) in [4.78, 5) is 11.9. The molecule has 0 aromatic heterocycles. The van der Waals surface area contributed by atoms with E-state index in [1.54, 1.807) is 19.1 Å². The lowest BCUT2D eigenvalue weighted by Gasteiger charge is -2.08. The van der Waals surface area contributed by atoms with Crippen molar-refractivity contribution in [2.24, 2.45) is 0 Å². The van der Waals surface area contributed by atoms with Crippen molar-refractivity contribution >= 4 is 17.3 Å².